The first-order valence-corrected chi connectivity index (χ1v) is 4.64. The summed E-state index contributed by atoms with van der Waals surface area (Å²) in [6.45, 7) is 0. The van der Waals surface area contributed by atoms with Crippen LogP contribution in [-0.4, -0.2) is 13.3 Å². The molecular formula is C8H5BrClF2NO. The molecule has 0 heterocycles. The van der Waals surface area contributed by atoms with Crippen molar-refractivity contribution in [2.75, 3.05) is 7.11 Å². The van der Waals surface area contributed by atoms with E-state index in [9.17, 15) is 8.78 Å². The maximum atomic E-state index is 13.1. The molecule has 6 heteroatoms. The Morgan fingerprint density at radius 1 is 1.57 bits per heavy atom. The van der Waals surface area contributed by atoms with Crippen molar-refractivity contribution in [2.45, 2.75) is 0 Å². The highest BCUT2D eigenvalue weighted by atomic mass is 79.9. The number of oxime groups is 1. The molecule has 0 saturated carbocycles. The molecular weight excluding hydrogens is 279 g/mol. The summed E-state index contributed by atoms with van der Waals surface area (Å²) in [7, 11) is 1.29. The van der Waals surface area contributed by atoms with Crippen molar-refractivity contribution in [2.24, 2.45) is 5.16 Å². The fourth-order valence-corrected chi connectivity index (χ4v) is 1.41. The van der Waals surface area contributed by atoms with Gasteiger partial charge >= 0.3 is 0 Å². The highest BCUT2D eigenvalue weighted by Crippen LogP contribution is 2.29. The van der Waals surface area contributed by atoms with Gasteiger partial charge in [0.05, 0.1) is 16.8 Å². The summed E-state index contributed by atoms with van der Waals surface area (Å²) in [4.78, 5) is 4.34. The Kier molecular flexibility index (Phi) is 3.83. The number of benzene rings is 1. The van der Waals surface area contributed by atoms with E-state index < -0.39 is 11.6 Å². The zero-order valence-corrected chi connectivity index (χ0v) is 9.36. The molecule has 0 aromatic heterocycles. The molecule has 14 heavy (non-hydrogen) atoms. The standard InChI is InChI=1S/C8H5BrClF2NO/c1-14-13-3-4-7(10)5(9)2-6(11)8(4)12/h2-3H,1H3/b13-3+. The largest absolute Gasteiger partial charge is 0.399 e. The molecule has 76 valence electrons. The van der Waals surface area contributed by atoms with Gasteiger partial charge in [0.2, 0.25) is 0 Å². The van der Waals surface area contributed by atoms with Crippen LogP contribution < -0.4 is 0 Å². The third kappa shape index (κ3) is 2.22. The summed E-state index contributed by atoms with van der Waals surface area (Å²) >= 11 is 8.69. The Labute approximate surface area is 92.6 Å². The maximum absolute atomic E-state index is 13.1. The average Bonchev–Trinajstić information content (AvgIpc) is 2.15. The molecule has 0 unspecified atom stereocenters. The Morgan fingerprint density at radius 2 is 2.21 bits per heavy atom. The molecule has 0 amide bonds. The molecule has 0 atom stereocenters. The fraction of sp³-hybridized carbons (Fsp3) is 0.125. The molecule has 2 nitrogen and oxygen atoms in total. The predicted octanol–water partition coefficient (Wildman–Crippen LogP) is 3.36. The molecule has 1 aromatic carbocycles. The highest BCUT2D eigenvalue weighted by molar-refractivity contribution is 9.10. The zero-order chi connectivity index (χ0) is 10.7. The monoisotopic (exact) mass is 283 g/mol. The predicted molar refractivity (Wildman–Crippen MR) is 53.7 cm³/mol. The number of rotatable bonds is 2. The minimum absolute atomic E-state index is 0.0460. The lowest BCUT2D eigenvalue weighted by atomic mass is 10.2. The molecule has 0 spiro atoms. The molecule has 1 rings (SSSR count). The van der Waals surface area contributed by atoms with Gasteiger partial charge in [0.15, 0.2) is 11.6 Å². The quantitative estimate of drug-likeness (QED) is 0.463. The Hall–Kier alpha value is -0.680. The van der Waals surface area contributed by atoms with Crippen LogP contribution in [0, 0.1) is 11.6 Å². The first kappa shape index (κ1) is 11.4. The zero-order valence-electron chi connectivity index (χ0n) is 7.02. The van der Waals surface area contributed by atoms with Crippen molar-refractivity contribution >= 4 is 33.7 Å². The van der Waals surface area contributed by atoms with Crippen LogP contribution in [0.15, 0.2) is 15.7 Å². The molecule has 0 aliphatic carbocycles. The smallest absolute Gasteiger partial charge is 0.169 e. The first-order chi connectivity index (χ1) is 6.57. The number of hydrogen-bond acceptors (Lipinski definition) is 2. The fourth-order valence-electron chi connectivity index (χ4n) is 0.810. The number of halogens is 4. The van der Waals surface area contributed by atoms with E-state index in [0.717, 1.165) is 12.3 Å². The first-order valence-electron chi connectivity index (χ1n) is 3.47. The van der Waals surface area contributed by atoms with Crippen molar-refractivity contribution in [3.63, 3.8) is 0 Å². The van der Waals surface area contributed by atoms with E-state index in [2.05, 4.69) is 25.9 Å². The van der Waals surface area contributed by atoms with Gasteiger partial charge in [0.1, 0.15) is 7.11 Å². The van der Waals surface area contributed by atoms with E-state index in [1.165, 1.54) is 7.11 Å². The minimum atomic E-state index is -1.06. The van der Waals surface area contributed by atoms with Crippen LogP contribution in [0.3, 0.4) is 0 Å². The maximum Gasteiger partial charge on any atom is 0.169 e. The van der Waals surface area contributed by atoms with Crippen LogP contribution in [0.25, 0.3) is 0 Å². The van der Waals surface area contributed by atoms with E-state index in [1.807, 2.05) is 0 Å². The van der Waals surface area contributed by atoms with Gasteiger partial charge in [-0.05, 0) is 22.0 Å². The molecule has 0 saturated heterocycles. The highest BCUT2D eigenvalue weighted by Gasteiger charge is 2.14. The van der Waals surface area contributed by atoms with Gasteiger partial charge in [-0.15, -0.1) is 0 Å². The third-order valence-electron chi connectivity index (χ3n) is 1.43. The van der Waals surface area contributed by atoms with E-state index in [4.69, 9.17) is 11.6 Å². The van der Waals surface area contributed by atoms with Crippen molar-refractivity contribution in [3.8, 4) is 0 Å². The molecule has 0 bridgehead atoms. The number of hydrogen-bond donors (Lipinski definition) is 0. The summed E-state index contributed by atoms with van der Waals surface area (Å²) < 4.78 is 26.3. The second kappa shape index (κ2) is 4.70. The van der Waals surface area contributed by atoms with Gasteiger partial charge in [-0.1, -0.05) is 16.8 Å². The van der Waals surface area contributed by atoms with Crippen molar-refractivity contribution < 1.29 is 13.6 Å². The van der Waals surface area contributed by atoms with Gasteiger partial charge in [-0.25, -0.2) is 8.78 Å². The van der Waals surface area contributed by atoms with Gasteiger partial charge in [-0.2, -0.15) is 0 Å². The van der Waals surface area contributed by atoms with Crippen LogP contribution in [0.2, 0.25) is 5.02 Å². The van der Waals surface area contributed by atoms with Crippen LogP contribution in [-0.2, 0) is 4.84 Å². The van der Waals surface area contributed by atoms with E-state index in [1.54, 1.807) is 0 Å². The third-order valence-corrected chi connectivity index (χ3v) is 2.69. The summed E-state index contributed by atoms with van der Waals surface area (Å²) in [5.74, 6) is -2.06. The van der Waals surface area contributed by atoms with Gasteiger partial charge in [-0.3, -0.25) is 0 Å². The van der Waals surface area contributed by atoms with E-state index >= 15 is 0 Å². The van der Waals surface area contributed by atoms with Crippen LogP contribution in [0.5, 0.6) is 0 Å². The average molecular weight is 284 g/mol. The summed E-state index contributed by atoms with van der Waals surface area (Å²) in [5, 5.41) is 3.36. The minimum Gasteiger partial charge on any atom is -0.399 e. The lowest BCUT2D eigenvalue weighted by Gasteiger charge is -2.03. The molecule has 0 aliphatic heterocycles. The van der Waals surface area contributed by atoms with E-state index in [-0.39, 0.29) is 15.1 Å². The van der Waals surface area contributed by atoms with Gasteiger partial charge in [0.25, 0.3) is 0 Å². The lowest BCUT2D eigenvalue weighted by Crippen LogP contribution is -1.96. The van der Waals surface area contributed by atoms with Crippen LogP contribution in [0.1, 0.15) is 5.56 Å². The molecule has 0 N–H and O–H groups in total. The van der Waals surface area contributed by atoms with Crippen molar-refractivity contribution in [1.29, 1.82) is 0 Å². The normalized spacial score (nSPS) is 10.9. The topological polar surface area (TPSA) is 21.6 Å². The van der Waals surface area contributed by atoms with Crippen LogP contribution >= 0.6 is 27.5 Å². The second-order valence-electron chi connectivity index (χ2n) is 2.30. The summed E-state index contributed by atoms with van der Waals surface area (Å²) in [6.07, 6.45) is 1.01. The molecule has 1 aromatic rings. The summed E-state index contributed by atoms with van der Waals surface area (Å²) in [5.41, 5.74) is -0.152. The van der Waals surface area contributed by atoms with Gasteiger partial charge < -0.3 is 4.84 Å². The van der Waals surface area contributed by atoms with Crippen molar-refractivity contribution in [1.82, 2.24) is 0 Å². The molecule has 0 radical (unpaired) electrons. The van der Waals surface area contributed by atoms with Crippen molar-refractivity contribution in [3.05, 3.63) is 32.8 Å². The SMILES string of the molecule is CO/N=C/c1c(F)c(F)cc(Br)c1Cl. The van der Waals surface area contributed by atoms with E-state index in [0.29, 0.717) is 0 Å². The lowest BCUT2D eigenvalue weighted by molar-refractivity contribution is 0.215. The number of nitrogens with zero attached hydrogens (tertiary/aromatic N) is 1. The van der Waals surface area contributed by atoms with Gasteiger partial charge in [0, 0.05) is 4.47 Å². The second-order valence-corrected chi connectivity index (χ2v) is 3.53. The Morgan fingerprint density at radius 3 is 2.79 bits per heavy atom. The Balaban J connectivity index is 3.32. The van der Waals surface area contributed by atoms with Crippen LogP contribution in [0.4, 0.5) is 8.78 Å². The Bertz CT molecular complexity index is 358. The molecule has 0 fully saturated rings. The molecule has 0 aliphatic rings. The summed E-state index contributed by atoms with van der Waals surface area (Å²) in [6, 6.07) is 0.946.